The lowest BCUT2D eigenvalue weighted by Crippen LogP contribution is -2.24. The van der Waals surface area contributed by atoms with Crippen molar-refractivity contribution >= 4 is 16.9 Å². The van der Waals surface area contributed by atoms with Crippen LogP contribution in [-0.4, -0.2) is 11.0 Å². The summed E-state index contributed by atoms with van der Waals surface area (Å²) in [6, 6.07) is 7.41. The molecule has 66 valence electrons. The van der Waals surface area contributed by atoms with Crippen molar-refractivity contribution in [2.75, 3.05) is 0 Å². The highest BCUT2D eigenvalue weighted by Gasteiger charge is 2.00. The third kappa shape index (κ3) is 1.40. The Morgan fingerprint density at radius 2 is 2.23 bits per heavy atom. The van der Waals surface area contributed by atoms with Gasteiger partial charge >= 0.3 is 0 Å². The average Bonchev–Trinajstić information content (AvgIpc) is 2.51. The van der Waals surface area contributed by atoms with E-state index in [0.29, 0.717) is 0 Å². The number of aromatic nitrogens is 1. The summed E-state index contributed by atoms with van der Waals surface area (Å²) in [5.41, 5.74) is 1.75. The van der Waals surface area contributed by atoms with Crippen molar-refractivity contribution in [3.63, 3.8) is 0 Å². The third-order valence-corrected chi connectivity index (χ3v) is 2.02. The summed E-state index contributed by atoms with van der Waals surface area (Å²) < 4.78 is 0. The molecule has 0 fully saturated rings. The van der Waals surface area contributed by atoms with E-state index in [-0.39, 0.29) is 6.42 Å². The molecule has 0 spiro atoms. The number of rotatable bonds is 2. The fourth-order valence-electron chi connectivity index (χ4n) is 1.46. The lowest BCUT2D eigenvalue weighted by molar-refractivity contribution is -0.304. The number of aliphatic carboxylic acids is 1. The summed E-state index contributed by atoms with van der Waals surface area (Å²) in [7, 11) is 0. The van der Waals surface area contributed by atoms with Gasteiger partial charge in [-0.3, -0.25) is 0 Å². The van der Waals surface area contributed by atoms with Crippen LogP contribution in [0.25, 0.3) is 10.9 Å². The van der Waals surface area contributed by atoms with Gasteiger partial charge in [0.25, 0.3) is 0 Å². The monoisotopic (exact) mass is 174 g/mol. The molecule has 0 bridgehead atoms. The second-order valence-electron chi connectivity index (χ2n) is 2.90. The van der Waals surface area contributed by atoms with E-state index in [1.165, 1.54) is 0 Å². The minimum absolute atomic E-state index is 0.0325. The fourth-order valence-corrected chi connectivity index (χ4v) is 1.46. The number of hydrogen-bond donors (Lipinski definition) is 1. The molecule has 0 radical (unpaired) electrons. The van der Waals surface area contributed by atoms with Crippen molar-refractivity contribution in [3.05, 3.63) is 36.0 Å². The molecule has 2 rings (SSSR count). The summed E-state index contributed by atoms with van der Waals surface area (Å²) in [5.74, 6) is -1.05. The molecule has 1 N–H and O–H groups in total. The highest BCUT2D eigenvalue weighted by Crippen LogP contribution is 2.17. The number of H-pyrrole nitrogens is 1. The summed E-state index contributed by atoms with van der Waals surface area (Å²) in [4.78, 5) is 13.4. The maximum absolute atomic E-state index is 10.4. The van der Waals surface area contributed by atoms with Crippen LogP contribution in [0.4, 0.5) is 0 Å². The molecule has 0 aliphatic rings. The SMILES string of the molecule is O=C([O-])Cc1cccc2[nH]ccc12. The van der Waals surface area contributed by atoms with E-state index < -0.39 is 5.97 Å². The van der Waals surface area contributed by atoms with Crippen LogP contribution in [0.1, 0.15) is 5.56 Å². The number of carbonyl (C=O) groups is 1. The zero-order chi connectivity index (χ0) is 9.26. The molecule has 2 aromatic rings. The minimum atomic E-state index is -1.05. The van der Waals surface area contributed by atoms with Crippen LogP contribution in [0, 0.1) is 0 Å². The number of carboxylic acid groups (broad SMARTS) is 1. The molecule has 0 aliphatic carbocycles. The smallest absolute Gasteiger partial charge is 0.0458 e. The fraction of sp³-hybridized carbons (Fsp3) is 0.100. The summed E-state index contributed by atoms with van der Waals surface area (Å²) in [6.45, 7) is 0. The van der Waals surface area contributed by atoms with Crippen molar-refractivity contribution in [2.24, 2.45) is 0 Å². The summed E-state index contributed by atoms with van der Waals surface area (Å²) in [5, 5.41) is 11.4. The molecular formula is C10H8NO2-. The van der Waals surface area contributed by atoms with Crippen molar-refractivity contribution in [2.45, 2.75) is 6.42 Å². The lowest BCUT2D eigenvalue weighted by atomic mass is 10.1. The number of fused-ring (bicyclic) bond motifs is 1. The maximum Gasteiger partial charge on any atom is 0.0458 e. The van der Waals surface area contributed by atoms with Gasteiger partial charge in [-0.2, -0.15) is 0 Å². The standard InChI is InChI=1S/C10H9NO2/c12-10(13)6-7-2-1-3-9-8(7)4-5-11-9/h1-5,11H,6H2,(H,12,13)/p-1. The molecule has 0 saturated carbocycles. The van der Waals surface area contributed by atoms with Gasteiger partial charge in [0.05, 0.1) is 0 Å². The van der Waals surface area contributed by atoms with Gasteiger partial charge in [0.1, 0.15) is 0 Å². The van der Waals surface area contributed by atoms with Crippen LogP contribution in [0.15, 0.2) is 30.5 Å². The molecule has 1 aromatic heterocycles. The maximum atomic E-state index is 10.4. The Morgan fingerprint density at radius 3 is 3.00 bits per heavy atom. The second kappa shape index (κ2) is 2.94. The highest BCUT2D eigenvalue weighted by molar-refractivity contribution is 5.86. The first-order valence-electron chi connectivity index (χ1n) is 4.02. The minimum Gasteiger partial charge on any atom is -0.550 e. The Labute approximate surface area is 75.0 Å². The van der Waals surface area contributed by atoms with Crippen LogP contribution in [0.5, 0.6) is 0 Å². The average molecular weight is 174 g/mol. The van der Waals surface area contributed by atoms with E-state index in [0.717, 1.165) is 16.5 Å². The van der Waals surface area contributed by atoms with Gasteiger partial charge in [-0.25, -0.2) is 0 Å². The molecule has 13 heavy (non-hydrogen) atoms. The number of aromatic amines is 1. The first kappa shape index (κ1) is 7.86. The van der Waals surface area contributed by atoms with Gasteiger partial charge < -0.3 is 14.9 Å². The predicted octanol–water partition coefficient (Wildman–Crippen LogP) is 0.460. The summed E-state index contributed by atoms with van der Waals surface area (Å²) in [6.07, 6.45) is 1.76. The predicted molar refractivity (Wildman–Crippen MR) is 47.0 cm³/mol. The van der Waals surface area contributed by atoms with Gasteiger partial charge in [0.2, 0.25) is 0 Å². The Morgan fingerprint density at radius 1 is 1.38 bits per heavy atom. The van der Waals surface area contributed by atoms with Gasteiger partial charge in [0, 0.05) is 29.5 Å². The van der Waals surface area contributed by atoms with E-state index in [1.54, 1.807) is 12.3 Å². The van der Waals surface area contributed by atoms with Gasteiger partial charge in [-0.1, -0.05) is 12.1 Å². The molecule has 3 nitrogen and oxygen atoms in total. The molecule has 0 atom stereocenters. The van der Waals surface area contributed by atoms with Crippen molar-refractivity contribution < 1.29 is 9.90 Å². The van der Waals surface area contributed by atoms with Crippen LogP contribution < -0.4 is 5.11 Å². The Bertz CT molecular complexity index is 445. The largest absolute Gasteiger partial charge is 0.550 e. The van der Waals surface area contributed by atoms with Crippen LogP contribution in [-0.2, 0) is 11.2 Å². The van der Waals surface area contributed by atoms with E-state index in [1.807, 2.05) is 18.2 Å². The van der Waals surface area contributed by atoms with Crippen LogP contribution in [0.3, 0.4) is 0 Å². The Balaban J connectivity index is 2.54. The first-order valence-corrected chi connectivity index (χ1v) is 4.02. The molecule has 3 heteroatoms. The zero-order valence-corrected chi connectivity index (χ0v) is 6.91. The van der Waals surface area contributed by atoms with Crippen LogP contribution >= 0.6 is 0 Å². The van der Waals surface area contributed by atoms with Gasteiger partial charge in [-0.05, 0) is 17.7 Å². The molecule has 1 heterocycles. The third-order valence-electron chi connectivity index (χ3n) is 2.02. The van der Waals surface area contributed by atoms with Crippen molar-refractivity contribution in [1.82, 2.24) is 4.98 Å². The quantitative estimate of drug-likeness (QED) is 0.719. The number of carboxylic acids is 1. The Kier molecular flexibility index (Phi) is 1.77. The van der Waals surface area contributed by atoms with Crippen molar-refractivity contribution in [1.29, 1.82) is 0 Å². The summed E-state index contributed by atoms with van der Waals surface area (Å²) >= 11 is 0. The van der Waals surface area contributed by atoms with Crippen LogP contribution in [0.2, 0.25) is 0 Å². The first-order chi connectivity index (χ1) is 6.27. The lowest BCUT2D eigenvalue weighted by Gasteiger charge is -2.03. The molecule has 0 amide bonds. The number of nitrogens with one attached hydrogen (secondary N) is 1. The van der Waals surface area contributed by atoms with E-state index >= 15 is 0 Å². The molecule has 0 unspecified atom stereocenters. The van der Waals surface area contributed by atoms with Gasteiger partial charge in [-0.15, -0.1) is 0 Å². The van der Waals surface area contributed by atoms with E-state index in [2.05, 4.69) is 4.98 Å². The number of benzene rings is 1. The molecular weight excluding hydrogens is 166 g/mol. The van der Waals surface area contributed by atoms with E-state index in [4.69, 9.17) is 0 Å². The zero-order valence-electron chi connectivity index (χ0n) is 6.91. The number of hydrogen-bond acceptors (Lipinski definition) is 2. The van der Waals surface area contributed by atoms with Crippen molar-refractivity contribution in [3.8, 4) is 0 Å². The highest BCUT2D eigenvalue weighted by atomic mass is 16.4. The Hall–Kier alpha value is -1.77. The molecule has 0 aliphatic heterocycles. The van der Waals surface area contributed by atoms with Gasteiger partial charge in [0.15, 0.2) is 0 Å². The normalized spacial score (nSPS) is 10.5. The van der Waals surface area contributed by atoms with E-state index in [9.17, 15) is 9.90 Å². The second-order valence-corrected chi connectivity index (χ2v) is 2.90. The topological polar surface area (TPSA) is 55.9 Å². The number of carbonyl (C=O) groups excluding carboxylic acids is 1. The molecule has 1 aromatic carbocycles. The molecule has 0 saturated heterocycles.